The monoisotopic (exact) mass is 263 g/mol. The van der Waals surface area contributed by atoms with E-state index >= 15 is 0 Å². The van der Waals surface area contributed by atoms with Gasteiger partial charge >= 0.3 is 0 Å². The van der Waals surface area contributed by atoms with Gasteiger partial charge in [-0.25, -0.2) is 4.98 Å². The maximum atomic E-state index is 12.5. The van der Waals surface area contributed by atoms with E-state index in [0.717, 1.165) is 25.7 Å². The fraction of sp³-hybridized carbons (Fsp3) is 0.571. The second kappa shape index (κ2) is 6.52. The number of pyridine rings is 1. The van der Waals surface area contributed by atoms with Gasteiger partial charge in [-0.15, -0.1) is 0 Å². The zero-order valence-electron chi connectivity index (χ0n) is 11.3. The van der Waals surface area contributed by atoms with Crippen LogP contribution in [-0.2, 0) is 0 Å². The van der Waals surface area contributed by atoms with Crippen LogP contribution in [-0.4, -0.2) is 47.1 Å². The van der Waals surface area contributed by atoms with Gasteiger partial charge in [-0.05, 0) is 25.0 Å². The van der Waals surface area contributed by atoms with Crippen molar-refractivity contribution in [2.75, 3.05) is 25.5 Å². The summed E-state index contributed by atoms with van der Waals surface area (Å²) in [5, 5.41) is 12.4. The van der Waals surface area contributed by atoms with Gasteiger partial charge in [0, 0.05) is 13.6 Å². The number of rotatable bonds is 3. The molecule has 2 rings (SSSR count). The van der Waals surface area contributed by atoms with Crippen molar-refractivity contribution in [1.82, 2.24) is 9.88 Å². The van der Waals surface area contributed by atoms with Crippen molar-refractivity contribution in [2.24, 2.45) is 0 Å². The molecule has 5 heteroatoms. The third kappa shape index (κ3) is 3.23. The summed E-state index contributed by atoms with van der Waals surface area (Å²) in [6, 6.07) is 5.29. The number of nitrogens with zero attached hydrogens (tertiary/aromatic N) is 2. The van der Waals surface area contributed by atoms with Crippen LogP contribution in [0.3, 0.4) is 0 Å². The molecule has 1 saturated heterocycles. The van der Waals surface area contributed by atoms with Crippen molar-refractivity contribution in [2.45, 2.75) is 31.7 Å². The third-order valence-corrected chi connectivity index (χ3v) is 3.57. The van der Waals surface area contributed by atoms with Gasteiger partial charge in [0.2, 0.25) is 0 Å². The minimum absolute atomic E-state index is 0.0253. The Morgan fingerprint density at radius 2 is 2.32 bits per heavy atom. The van der Waals surface area contributed by atoms with Crippen molar-refractivity contribution >= 4 is 11.7 Å². The first-order chi connectivity index (χ1) is 9.26. The highest BCUT2D eigenvalue weighted by Crippen LogP contribution is 2.19. The molecule has 1 atom stereocenters. The van der Waals surface area contributed by atoms with Crippen LogP contribution in [0.4, 0.5) is 5.82 Å². The standard InChI is InChI=1S/C14H21N3O2/c1-15-13-8-5-7-12(16-13)14(19)17-9-4-2-3-6-11(17)10-18/h5,7-8,11,18H,2-4,6,9-10H2,1H3,(H,15,16). The molecule has 19 heavy (non-hydrogen) atoms. The smallest absolute Gasteiger partial charge is 0.272 e. The Hall–Kier alpha value is -1.62. The molecule has 1 unspecified atom stereocenters. The number of nitrogens with one attached hydrogen (secondary N) is 1. The predicted octanol–water partition coefficient (Wildman–Crippen LogP) is 1.50. The topological polar surface area (TPSA) is 65.5 Å². The maximum absolute atomic E-state index is 12.5. The van der Waals surface area contributed by atoms with E-state index < -0.39 is 0 Å². The van der Waals surface area contributed by atoms with Gasteiger partial charge in [-0.1, -0.05) is 18.9 Å². The number of aliphatic hydroxyl groups excluding tert-OH is 1. The van der Waals surface area contributed by atoms with E-state index in [9.17, 15) is 9.90 Å². The Kier molecular flexibility index (Phi) is 4.74. The summed E-state index contributed by atoms with van der Waals surface area (Å²) >= 11 is 0. The number of hydrogen-bond acceptors (Lipinski definition) is 4. The zero-order chi connectivity index (χ0) is 13.7. The summed E-state index contributed by atoms with van der Waals surface area (Å²) in [5.41, 5.74) is 0.437. The summed E-state index contributed by atoms with van der Waals surface area (Å²) in [7, 11) is 1.78. The van der Waals surface area contributed by atoms with Gasteiger partial charge in [-0.2, -0.15) is 0 Å². The number of amides is 1. The molecule has 1 aromatic heterocycles. The molecule has 1 amide bonds. The molecule has 0 spiro atoms. The van der Waals surface area contributed by atoms with Crippen LogP contribution >= 0.6 is 0 Å². The van der Waals surface area contributed by atoms with Crippen LogP contribution in [0.15, 0.2) is 18.2 Å². The quantitative estimate of drug-likeness (QED) is 0.867. The van der Waals surface area contributed by atoms with Gasteiger partial charge in [0.05, 0.1) is 12.6 Å². The Bertz CT molecular complexity index is 436. The van der Waals surface area contributed by atoms with E-state index in [1.165, 1.54) is 0 Å². The number of likely N-dealkylation sites (tertiary alicyclic amines) is 1. The fourth-order valence-electron chi connectivity index (χ4n) is 2.47. The molecule has 1 aliphatic rings. The molecule has 1 fully saturated rings. The molecular weight excluding hydrogens is 242 g/mol. The highest BCUT2D eigenvalue weighted by molar-refractivity contribution is 5.93. The highest BCUT2D eigenvalue weighted by atomic mass is 16.3. The Morgan fingerprint density at radius 3 is 3.05 bits per heavy atom. The maximum Gasteiger partial charge on any atom is 0.272 e. The lowest BCUT2D eigenvalue weighted by molar-refractivity contribution is 0.0594. The predicted molar refractivity (Wildman–Crippen MR) is 74.2 cm³/mol. The zero-order valence-corrected chi connectivity index (χ0v) is 11.3. The third-order valence-electron chi connectivity index (χ3n) is 3.57. The first kappa shape index (κ1) is 13.8. The minimum Gasteiger partial charge on any atom is -0.394 e. The average molecular weight is 263 g/mol. The van der Waals surface area contributed by atoms with Gasteiger partial charge in [-0.3, -0.25) is 4.79 Å². The highest BCUT2D eigenvalue weighted by Gasteiger charge is 2.26. The van der Waals surface area contributed by atoms with Crippen LogP contribution < -0.4 is 5.32 Å². The molecule has 1 aromatic rings. The van der Waals surface area contributed by atoms with Crippen LogP contribution in [0, 0.1) is 0 Å². The number of aromatic nitrogens is 1. The molecule has 104 valence electrons. The fourth-order valence-corrected chi connectivity index (χ4v) is 2.47. The molecule has 2 heterocycles. The van der Waals surface area contributed by atoms with Crippen LogP contribution in [0.25, 0.3) is 0 Å². The molecule has 1 aliphatic heterocycles. The molecule has 0 radical (unpaired) electrons. The van der Waals surface area contributed by atoms with Gasteiger partial charge in [0.15, 0.2) is 0 Å². The Balaban J connectivity index is 2.20. The molecule has 5 nitrogen and oxygen atoms in total. The lowest BCUT2D eigenvalue weighted by atomic mass is 10.1. The van der Waals surface area contributed by atoms with Crippen molar-refractivity contribution in [3.05, 3.63) is 23.9 Å². The first-order valence-corrected chi connectivity index (χ1v) is 6.83. The molecule has 0 aromatic carbocycles. The summed E-state index contributed by atoms with van der Waals surface area (Å²) in [5.74, 6) is 0.597. The summed E-state index contributed by atoms with van der Waals surface area (Å²) in [4.78, 5) is 18.6. The minimum atomic E-state index is -0.0851. The van der Waals surface area contributed by atoms with Crippen LogP contribution in [0.5, 0.6) is 0 Å². The first-order valence-electron chi connectivity index (χ1n) is 6.83. The van der Waals surface area contributed by atoms with Crippen molar-refractivity contribution in [3.63, 3.8) is 0 Å². The summed E-state index contributed by atoms with van der Waals surface area (Å²) in [6.45, 7) is 0.729. The molecule has 0 bridgehead atoms. The van der Waals surface area contributed by atoms with Crippen LogP contribution in [0.2, 0.25) is 0 Å². The number of carbonyl (C=O) groups excluding carboxylic acids is 1. The number of aliphatic hydroxyl groups is 1. The molecule has 0 aliphatic carbocycles. The summed E-state index contributed by atoms with van der Waals surface area (Å²) in [6.07, 6.45) is 4.05. The Morgan fingerprint density at radius 1 is 1.47 bits per heavy atom. The second-order valence-corrected chi connectivity index (χ2v) is 4.84. The lowest BCUT2D eigenvalue weighted by Crippen LogP contribution is -2.42. The number of anilines is 1. The van der Waals surface area contributed by atoms with E-state index in [-0.39, 0.29) is 18.6 Å². The van der Waals surface area contributed by atoms with Gasteiger partial charge in [0.25, 0.3) is 5.91 Å². The number of carbonyl (C=O) groups is 1. The average Bonchev–Trinajstić information content (AvgIpc) is 2.71. The van der Waals surface area contributed by atoms with Gasteiger partial charge in [0.1, 0.15) is 11.5 Å². The van der Waals surface area contributed by atoms with E-state index in [1.54, 1.807) is 18.0 Å². The molecule has 2 N–H and O–H groups in total. The molecule has 0 saturated carbocycles. The SMILES string of the molecule is CNc1cccc(C(=O)N2CCCCCC2CO)n1. The van der Waals surface area contributed by atoms with E-state index in [2.05, 4.69) is 10.3 Å². The van der Waals surface area contributed by atoms with Crippen molar-refractivity contribution in [1.29, 1.82) is 0 Å². The molecular formula is C14H21N3O2. The summed E-state index contributed by atoms with van der Waals surface area (Å²) < 4.78 is 0. The van der Waals surface area contributed by atoms with E-state index in [1.807, 2.05) is 12.1 Å². The van der Waals surface area contributed by atoms with E-state index in [0.29, 0.717) is 18.1 Å². The second-order valence-electron chi connectivity index (χ2n) is 4.84. The van der Waals surface area contributed by atoms with Crippen molar-refractivity contribution in [3.8, 4) is 0 Å². The van der Waals surface area contributed by atoms with E-state index in [4.69, 9.17) is 0 Å². The van der Waals surface area contributed by atoms with Gasteiger partial charge < -0.3 is 15.3 Å². The Labute approximate surface area is 113 Å². The normalized spacial score (nSPS) is 19.9. The van der Waals surface area contributed by atoms with Crippen LogP contribution in [0.1, 0.15) is 36.2 Å². The largest absolute Gasteiger partial charge is 0.394 e. The number of hydrogen-bond donors (Lipinski definition) is 2. The van der Waals surface area contributed by atoms with Crippen molar-refractivity contribution < 1.29 is 9.90 Å². The lowest BCUT2D eigenvalue weighted by Gasteiger charge is -2.28.